The van der Waals surface area contributed by atoms with E-state index in [-0.39, 0.29) is 11.9 Å². The Hall–Kier alpha value is -0.570. The lowest BCUT2D eigenvalue weighted by Gasteiger charge is -2.18. The number of aliphatic hydroxyl groups excluding tert-OH is 1. The number of rotatable bonds is 2. The van der Waals surface area contributed by atoms with Gasteiger partial charge in [-0.05, 0) is 12.8 Å². The quantitative estimate of drug-likeness (QED) is 0.483. The fourth-order valence-corrected chi connectivity index (χ4v) is 1.52. The molecule has 0 aromatic carbocycles. The van der Waals surface area contributed by atoms with Gasteiger partial charge in [-0.1, -0.05) is 19.3 Å². The first kappa shape index (κ1) is 8.53. The van der Waals surface area contributed by atoms with E-state index in [0.717, 1.165) is 25.7 Å². The van der Waals surface area contributed by atoms with E-state index < -0.39 is 6.79 Å². The summed E-state index contributed by atoms with van der Waals surface area (Å²) in [5.74, 6) is -0.178. The van der Waals surface area contributed by atoms with Gasteiger partial charge in [-0.3, -0.25) is 4.79 Å². The Balaban J connectivity index is 2.27. The van der Waals surface area contributed by atoms with Crippen LogP contribution in [0.4, 0.5) is 0 Å². The normalized spacial score (nSPS) is 19.7. The van der Waals surface area contributed by atoms with Gasteiger partial charge >= 0.3 is 5.97 Å². The molecule has 0 bridgehead atoms. The summed E-state index contributed by atoms with van der Waals surface area (Å²) in [5.41, 5.74) is 0. The highest BCUT2D eigenvalue weighted by Crippen LogP contribution is 2.24. The van der Waals surface area contributed by atoms with Crippen molar-refractivity contribution in [1.29, 1.82) is 0 Å². The van der Waals surface area contributed by atoms with Crippen molar-refractivity contribution >= 4 is 5.97 Å². The highest BCUT2D eigenvalue weighted by molar-refractivity contribution is 5.72. The minimum absolute atomic E-state index is 0.0518. The summed E-state index contributed by atoms with van der Waals surface area (Å²) in [7, 11) is 0. The van der Waals surface area contributed by atoms with Gasteiger partial charge in [0.2, 0.25) is 0 Å². The second kappa shape index (κ2) is 4.34. The van der Waals surface area contributed by atoms with Gasteiger partial charge < -0.3 is 9.84 Å². The number of carbonyl (C=O) groups is 1. The average molecular weight is 158 g/mol. The summed E-state index contributed by atoms with van der Waals surface area (Å²) in [6.07, 6.45) is 5.32. The molecule has 0 aromatic heterocycles. The molecule has 0 atom stereocenters. The minimum atomic E-state index is -0.477. The van der Waals surface area contributed by atoms with Crippen molar-refractivity contribution in [2.24, 2.45) is 5.92 Å². The molecule has 0 radical (unpaired) electrons. The topological polar surface area (TPSA) is 46.5 Å². The molecule has 64 valence electrons. The zero-order valence-electron chi connectivity index (χ0n) is 6.58. The SMILES string of the molecule is O=C(OCO)C1CCCCC1. The molecule has 0 spiro atoms. The van der Waals surface area contributed by atoms with Crippen molar-refractivity contribution in [3.05, 3.63) is 0 Å². The molecule has 0 aromatic rings. The fraction of sp³-hybridized carbons (Fsp3) is 0.875. The van der Waals surface area contributed by atoms with E-state index in [1.54, 1.807) is 0 Å². The summed E-state index contributed by atoms with van der Waals surface area (Å²) in [5, 5.41) is 8.32. The van der Waals surface area contributed by atoms with Crippen molar-refractivity contribution in [3.63, 3.8) is 0 Å². The molecule has 1 aliphatic carbocycles. The lowest BCUT2D eigenvalue weighted by Crippen LogP contribution is -2.20. The third-order valence-corrected chi connectivity index (χ3v) is 2.15. The van der Waals surface area contributed by atoms with Gasteiger partial charge in [-0.2, -0.15) is 0 Å². The molecule has 1 fully saturated rings. The van der Waals surface area contributed by atoms with Crippen LogP contribution in [-0.4, -0.2) is 17.9 Å². The van der Waals surface area contributed by atoms with Crippen LogP contribution in [0.15, 0.2) is 0 Å². The molecule has 1 aliphatic rings. The Bertz CT molecular complexity index is 127. The van der Waals surface area contributed by atoms with Gasteiger partial charge in [0.25, 0.3) is 0 Å². The van der Waals surface area contributed by atoms with E-state index in [2.05, 4.69) is 4.74 Å². The summed E-state index contributed by atoms with van der Waals surface area (Å²) in [6.45, 7) is -0.477. The maximum Gasteiger partial charge on any atom is 0.311 e. The molecule has 11 heavy (non-hydrogen) atoms. The smallest absolute Gasteiger partial charge is 0.311 e. The summed E-state index contributed by atoms with van der Waals surface area (Å²) in [4.78, 5) is 11.0. The molecule has 3 heteroatoms. The molecule has 0 amide bonds. The standard InChI is InChI=1S/C8H14O3/c9-6-11-8(10)7-4-2-1-3-5-7/h7,9H,1-6H2. The molecule has 0 heterocycles. The van der Waals surface area contributed by atoms with Crippen LogP contribution in [0.25, 0.3) is 0 Å². The van der Waals surface area contributed by atoms with Crippen molar-refractivity contribution < 1.29 is 14.6 Å². The van der Waals surface area contributed by atoms with Crippen LogP contribution in [-0.2, 0) is 9.53 Å². The van der Waals surface area contributed by atoms with Gasteiger partial charge in [0.1, 0.15) is 0 Å². The lowest BCUT2D eigenvalue weighted by atomic mass is 9.89. The lowest BCUT2D eigenvalue weighted by molar-refractivity contribution is -0.157. The molecular weight excluding hydrogens is 144 g/mol. The van der Waals surface area contributed by atoms with Crippen LogP contribution in [0.3, 0.4) is 0 Å². The van der Waals surface area contributed by atoms with Crippen molar-refractivity contribution in [2.75, 3.05) is 6.79 Å². The van der Waals surface area contributed by atoms with E-state index in [4.69, 9.17) is 5.11 Å². The highest BCUT2D eigenvalue weighted by atomic mass is 16.6. The summed E-state index contributed by atoms with van der Waals surface area (Å²) < 4.78 is 4.50. The van der Waals surface area contributed by atoms with Crippen LogP contribution < -0.4 is 0 Å². The van der Waals surface area contributed by atoms with Gasteiger partial charge in [-0.25, -0.2) is 0 Å². The third kappa shape index (κ3) is 2.50. The Kier molecular flexibility index (Phi) is 3.36. The van der Waals surface area contributed by atoms with Crippen LogP contribution in [0.5, 0.6) is 0 Å². The largest absolute Gasteiger partial charge is 0.438 e. The van der Waals surface area contributed by atoms with Gasteiger partial charge in [0.05, 0.1) is 5.92 Å². The number of carbonyl (C=O) groups excluding carboxylic acids is 1. The van der Waals surface area contributed by atoms with E-state index in [9.17, 15) is 4.79 Å². The van der Waals surface area contributed by atoms with Crippen LogP contribution in [0.1, 0.15) is 32.1 Å². The van der Waals surface area contributed by atoms with Gasteiger partial charge in [0, 0.05) is 0 Å². The fourth-order valence-electron chi connectivity index (χ4n) is 1.52. The molecule has 3 nitrogen and oxygen atoms in total. The van der Waals surface area contributed by atoms with E-state index in [0.29, 0.717) is 0 Å². The second-order valence-corrected chi connectivity index (χ2v) is 2.93. The van der Waals surface area contributed by atoms with Crippen molar-refractivity contribution in [2.45, 2.75) is 32.1 Å². The average Bonchev–Trinajstić information content (AvgIpc) is 2.07. The first-order chi connectivity index (χ1) is 5.34. The van der Waals surface area contributed by atoms with E-state index >= 15 is 0 Å². The number of esters is 1. The van der Waals surface area contributed by atoms with Crippen molar-refractivity contribution in [1.82, 2.24) is 0 Å². The number of ether oxygens (including phenoxy) is 1. The summed E-state index contributed by atoms with van der Waals surface area (Å²) in [6, 6.07) is 0. The molecular formula is C8H14O3. The molecule has 0 saturated heterocycles. The number of hydrogen-bond acceptors (Lipinski definition) is 3. The van der Waals surface area contributed by atoms with Crippen LogP contribution in [0, 0.1) is 5.92 Å². The number of aliphatic hydroxyl groups is 1. The zero-order chi connectivity index (χ0) is 8.10. The minimum Gasteiger partial charge on any atom is -0.438 e. The van der Waals surface area contributed by atoms with Gasteiger partial charge in [0.15, 0.2) is 6.79 Å². The zero-order valence-corrected chi connectivity index (χ0v) is 6.58. The maximum atomic E-state index is 11.0. The Morgan fingerprint density at radius 1 is 1.36 bits per heavy atom. The molecule has 0 unspecified atom stereocenters. The Morgan fingerprint density at radius 2 is 2.00 bits per heavy atom. The first-order valence-corrected chi connectivity index (χ1v) is 4.12. The monoisotopic (exact) mass is 158 g/mol. The highest BCUT2D eigenvalue weighted by Gasteiger charge is 2.21. The Morgan fingerprint density at radius 3 is 2.55 bits per heavy atom. The predicted molar refractivity (Wildman–Crippen MR) is 39.8 cm³/mol. The first-order valence-electron chi connectivity index (χ1n) is 4.12. The third-order valence-electron chi connectivity index (χ3n) is 2.15. The summed E-state index contributed by atoms with van der Waals surface area (Å²) >= 11 is 0. The van der Waals surface area contributed by atoms with Crippen LogP contribution in [0.2, 0.25) is 0 Å². The molecule has 1 N–H and O–H groups in total. The van der Waals surface area contributed by atoms with Crippen LogP contribution >= 0.6 is 0 Å². The predicted octanol–water partition coefficient (Wildman–Crippen LogP) is 1.06. The van der Waals surface area contributed by atoms with Crippen molar-refractivity contribution in [3.8, 4) is 0 Å². The molecule has 0 aliphatic heterocycles. The van der Waals surface area contributed by atoms with E-state index in [1.165, 1.54) is 6.42 Å². The molecule has 1 rings (SSSR count). The van der Waals surface area contributed by atoms with E-state index in [1.807, 2.05) is 0 Å². The maximum absolute atomic E-state index is 11.0. The van der Waals surface area contributed by atoms with Gasteiger partial charge in [-0.15, -0.1) is 0 Å². The second-order valence-electron chi connectivity index (χ2n) is 2.93. The number of hydrogen-bond donors (Lipinski definition) is 1. The molecule has 1 saturated carbocycles. The Labute approximate surface area is 66.4 Å².